The third-order valence-electron chi connectivity index (χ3n) is 2.74. The minimum absolute atomic E-state index is 0.202. The van der Waals surface area contributed by atoms with Gasteiger partial charge in [-0.25, -0.2) is 0 Å². The number of ether oxygens (including phenoxy) is 2. The number of rotatable bonds is 4. The van der Waals surface area contributed by atoms with Gasteiger partial charge < -0.3 is 14.6 Å². The summed E-state index contributed by atoms with van der Waals surface area (Å²) in [6, 6.07) is 3.98. The van der Waals surface area contributed by atoms with Gasteiger partial charge in [-0.1, -0.05) is 6.07 Å². The molecular weight excluding hydrogens is 220 g/mol. The molecule has 0 aliphatic carbocycles. The quantitative estimate of drug-likeness (QED) is 0.870. The van der Waals surface area contributed by atoms with E-state index in [1.54, 1.807) is 0 Å². The van der Waals surface area contributed by atoms with Crippen LogP contribution >= 0.6 is 0 Å². The highest BCUT2D eigenvalue weighted by molar-refractivity contribution is 5.66. The zero-order valence-corrected chi connectivity index (χ0v) is 9.86. The highest BCUT2D eigenvalue weighted by Crippen LogP contribution is 2.35. The maximum Gasteiger partial charge on any atom is 0.303 e. The molecule has 0 radical (unpaired) electrons. The van der Waals surface area contributed by atoms with Crippen LogP contribution in [0.2, 0.25) is 0 Å². The number of hydrogen-bond donors (Lipinski definition) is 1. The fourth-order valence-electron chi connectivity index (χ4n) is 1.99. The Morgan fingerprint density at radius 1 is 1.35 bits per heavy atom. The first-order valence-electron chi connectivity index (χ1n) is 5.78. The van der Waals surface area contributed by atoms with Gasteiger partial charge in [0.2, 0.25) is 0 Å². The van der Waals surface area contributed by atoms with Crippen LogP contribution in [0.3, 0.4) is 0 Å². The average Bonchev–Trinajstić information content (AvgIpc) is 2.28. The van der Waals surface area contributed by atoms with E-state index in [2.05, 4.69) is 0 Å². The summed E-state index contributed by atoms with van der Waals surface area (Å²) in [5, 5.41) is 8.59. The number of benzene rings is 1. The maximum absolute atomic E-state index is 10.4. The van der Waals surface area contributed by atoms with Crippen molar-refractivity contribution in [1.29, 1.82) is 0 Å². The van der Waals surface area contributed by atoms with E-state index in [0.717, 1.165) is 29.0 Å². The van der Waals surface area contributed by atoms with E-state index in [1.807, 2.05) is 19.1 Å². The van der Waals surface area contributed by atoms with Crippen molar-refractivity contribution >= 4 is 5.97 Å². The lowest BCUT2D eigenvalue weighted by Crippen LogP contribution is -2.16. The number of fused-ring (bicyclic) bond motifs is 1. The third kappa shape index (κ3) is 2.90. The summed E-state index contributed by atoms with van der Waals surface area (Å²) in [7, 11) is 0. The predicted octanol–water partition coefficient (Wildman–Crippen LogP) is 2.17. The lowest BCUT2D eigenvalue weighted by Gasteiger charge is -2.21. The molecule has 2 rings (SSSR count). The van der Waals surface area contributed by atoms with Gasteiger partial charge in [0.25, 0.3) is 0 Å². The summed E-state index contributed by atoms with van der Waals surface area (Å²) in [4.78, 5) is 10.4. The standard InChI is InChI=1S/C13H16O4/c1-9-7-10(3-2-4-12(14)15)8-11-13(9)17-6-5-16-11/h7-8H,2-6H2,1H3,(H,14,15). The van der Waals surface area contributed by atoms with Gasteiger partial charge in [0.15, 0.2) is 11.5 Å². The number of carboxylic acids is 1. The molecule has 0 spiro atoms. The second-order valence-electron chi connectivity index (χ2n) is 4.18. The van der Waals surface area contributed by atoms with Crippen LogP contribution in [0.1, 0.15) is 24.0 Å². The Balaban J connectivity index is 2.08. The first-order valence-corrected chi connectivity index (χ1v) is 5.78. The molecule has 1 aliphatic heterocycles. The highest BCUT2D eigenvalue weighted by Gasteiger charge is 2.15. The van der Waals surface area contributed by atoms with Crippen molar-refractivity contribution in [2.24, 2.45) is 0 Å². The number of hydrogen-bond acceptors (Lipinski definition) is 3. The molecule has 1 aromatic rings. The van der Waals surface area contributed by atoms with Crippen molar-refractivity contribution < 1.29 is 19.4 Å². The fourth-order valence-corrected chi connectivity index (χ4v) is 1.99. The lowest BCUT2D eigenvalue weighted by atomic mass is 10.0. The average molecular weight is 236 g/mol. The van der Waals surface area contributed by atoms with Crippen LogP contribution < -0.4 is 9.47 Å². The zero-order valence-electron chi connectivity index (χ0n) is 9.86. The van der Waals surface area contributed by atoms with E-state index in [1.165, 1.54) is 0 Å². The SMILES string of the molecule is Cc1cc(CCCC(=O)O)cc2c1OCCO2. The van der Waals surface area contributed by atoms with Crippen molar-refractivity contribution in [2.75, 3.05) is 13.2 Å². The highest BCUT2D eigenvalue weighted by atomic mass is 16.6. The van der Waals surface area contributed by atoms with E-state index in [9.17, 15) is 4.79 Å². The number of carbonyl (C=O) groups is 1. The lowest BCUT2D eigenvalue weighted by molar-refractivity contribution is -0.137. The minimum atomic E-state index is -0.751. The van der Waals surface area contributed by atoms with E-state index >= 15 is 0 Å². The third-order valence-corrected chi connectivity index (χ3v) is 2.74. The molecule has 0 unspecified atom stereocenters. The zero-order chi connectivity index (χ0) is 12.3. The second kappa shape index (κ2) is 5.08. The van der Waals surface area contributed by atoms with Gasteiger partial charge in [-0.3, -0.25) is 4.79 Å². The first-order chi connectivity index (χ1) is 8.16. The van der Waals surface area contributed by atoms with Crippen molar-refractivity contribution in [3.05, 3.63) is 23.3 Å². The number of aliphatic carboxylic acids is 1. The Hall–Kier alpha value is -1.71. The Morgan fingerprint density at radius 3 is 2.88 bits per heavy atom. The van der Waals surface area contributed by atoms with E-state index in [-0.39, 0.29) is 6.42 Å². The van der Waals surface area contributed by atoms with Crippen LogP contribution in [0.5, 0.6) is 11.5 Å². The van der Waals surface area contributed by atoms with Gasteiger partial charge in [0.05, 0.1) is 0 Å². The molecule has 4 nitrogen and oxygen atoms in total. The van der Waals surface area contributed by atoms with Gasteiger partial charge in [0, 0.05) is 6.42 Å². The molecule has 0 amide bonds. The van der Waals surface area contributed by atoms with Gasteiger partial charge in [-0.05, 0) is 37.0 Å². The largest absolute Gasteiger partial charge is 0.486 e. The summed E-state index contributed by atoms with van der Waals surface area (Å²) in [5.41, 5.74) is 2.15. The van der Waals surface area contributed by atoms with Crippen LogP contribution in [0.15, 0.2) is 12.1 Å². The summed E-state index contributed by atoms with van der Waals surface area (Å²) < 4.78 is 11.1. The molecule has 0 atom stereocenters. The van der Waals surface area contributed by atoms with E-state index in [0.29, 0.717) is 19.6 Å². The molecule has 1 N–H and O–H groups in total. The number of aryl methyl sites for hydroxylation is 2. The normalized spacial score (nSPS) is 13.5. The van der Waals surface area contributed by atoms with Crippen molar-refractivity contribution in [2.45, 2.75) is 26.2 Å². The van der Waals surface area contributed by atoms with Crippen molar-refractivity contribution in [3.8, 4) is 11.5 Å². The minimum Gasteiger partial charge on any atom is -0.486 e. The van der Waals surface area contributed by atoms with Crippen LogP contribution in [-0.4, -0.2) is 24.3 Å². The molecular formula is C13H16O4. The van der Waals surface area contributed by atoms with Gasteiger partial charge in [0.1, 0.15) is 13.2 Å². The molecule has 0 saturated heterocycles. The summed E-state index contributed by atoms with van der Waals surface area (Å²) >= 11 is 0. The summed E-state index contributed by atoms with van der Waals surface area (Å²) in [6.07, 6.45) is 1.60. The number of carboxylic acid groups (broad SMARTS) is 1. The molecule has 92 valence electrons. The van der Waals surface area contributed by atoms with Gasteiger partial charge in [-0.15, -0.1) is 0 Å². The van der Waals surface area contributed by atoms with Crippen LogP contribution in [0.25, 0.3) is 0 Å². The Labute approximate surface area is 100 Å². The van der Waals surface area contributed by atoms with Crippen molar-refractivity contribution in [1.82, 2.24) is 0 Å². The summed E-state index contributed by atoms with van der Waals surface area (Å²) in [6.45, 7) is 3.14. The predicted molar refractivity (Wildman–Crippen MR) is 62.7 cm³/mol. The summed E-state index contributed by atoms with van der Waals surface area (Å²) in [5.74, 6) is 0.846. The van der Waals surface area contributed by atoms with Gasteiger partial charge >= 0.3 is 5.97 Å². The smallest absolute Gasteiger partial charge is 0.303 e. The van der Waals surface area contributed by atoms with Crippen LogP contribution in [-0.2, 0) is 11.2 Å². The Kier molecular flexibility index (Phi) is 3.52. The molecule has 0 bridgehead atoms. The molecule has 4 heteroatoms. The van der Waals surface area contributed by atoms with E-state index < -0.39 is 5.97 Å². The van der Waals surface area contributed by atoms with Gasteiger partial charge in [-0.2, -0.15) is 0 Å². The molecule has 17 heavy (non-hydrogen) atoms. The Bertz CT molecular complexity index is 426. The van der Waals surface area contributed by atoms with Crippen LogP contribution in [0, 0.1) is 6.92 Å². The fraction of sp³-hybridized carbons (Fsp3) is 0.462. The van der Waals surface area contributed by atoms with E-state index in [4.69, 9.17) is 14.6 Å². The topological polar surface area (TPSA) is 55.8 Å². The monoisotopic (exact) mass is 236 g/mol. The molecule has 0 saturated carbocycles. The molecule has 0 aromatic heterocycles. The maximum atomic E-state index is 10.4. The Morgan fingerprint density at radius 2 is 2.12 bits per heavy atom. The second-order valence-corrected chi connectivity index (χ2v) is 4.18. The molecule has 0 fully saturated rings. The van der Waals surface area contributed by atoms with Crippen molar-refractivity contribution in [3.63, 3.8) is 0 Å². The first kappa shape index (κ1) is 11.8. The molecule has 1 heterocycles. The molecule has 1 aromatic carbocycles. The van der Waals surface area contributed by atoms with Crippen LogP contribution in [0.4, 0.5) is 0 Å². The molecule has 1 aliphatic rings.